The van der Waals surface area contributed by atoms with Crippen LogP contribution in [0.2, 0.25) is 5.02 Å². The summed E-state index contributed by atoms with van der Waals surface area (Å²) in [5.74, 6) is 0.0309. The van der Waals surface area contributed by atoms with Gasteiger partial charge in [0.05, 0.1) is 0 Å². The lowest BCUT2D eigenvalue weighted by atomic mass is 10.1. The molecule has 4 heteroatoms. The molecule has 0 bridgehead atoms. The summed E-state index contributed by atoms with van der Waals surface area (Å²) in [6.45, 7) is 1.31. The molecule has 1 amide bonds. The second-order valence-corrected chi connectivity index (χ2v) is 3.91. The van der Waals surface area contributed by atoms with Crippen molar-refractivity contribution in [3.63, 3.8) is 0 Å². The summed E-state index contributed by atoms with van der Waals surface area (Å²) in [6, 6.07) is 7.04. The van der Waals surface area contributed by atoms with Crippen molar-refractivity contribution < 1.29 is 4.79 Å². The highest BCUT2D eigenvalue weighted by atomic mass is 35.5. The molecule has 1 aromatic carbocycles. The fourth-order valence-corrected chi connectivity index (χ4v) is 1.58. The van der Waals surface area contributed by atoms with Crippen LogP contribution in [0.3, 0.4) is 0 Å². The van der Waals surface area contributed by atoms with Crippen LogP contribution in [0.1, 0.15) is 10.4 Å². The maximum absolute atomic E-state index is 11.7. The van der Waals surface area contributed by atoms with Gasteiger partial charge in [-0.2, -0.15) is 0 Å². The lowest BCUT2D eigenvalue weighted by molar-refractivity contribution is 0.0608. The fraction of sp³-hybridized carbons (Fsp3) is 0.300. The molecule has 1 heterocycles. The molecule has 0 saturated carbocycles. The number of nitrogens with zero attached hydrogens (tertiary/aromatic N) is 1. The Labute approximate surface area is 87.4 Å². The highest BCUT2D eigenvalue weighted by molar-refractivity contribution is 6.30. The highest BCUT2D eigenvalue weighted by Crippen LogP contribution is 2.14. The summed E-state index contributed by atoms with van der Waals surface area (Å²) in [6.07, 6.45) is 0. The van der Waals surface area contributed by atoms with Crippen molar-refractivity contribution in [2.75, 3.05) is 13.1 Å². The second-order valence-electron chi connectivity index (χ2n) is 3.48. The van der Waals surface area contributed by atoms with Crippen LogP contribution in [0, 0.1) is 0 Å². The molecule has 1 fully saturated rings. The largest absolute Gasteiger partial charge is 0.335 e. The number of nitrogens with two attached hydrogens (primary N) is 1. The van der Waals surface area contributed by atoms with Gasteiger partial charge < -0.3 is 10.6 Å². The molecule has 14 heavy (non-hydrogen) atoms. The number of amides is 1. The summed E-state index contributed by atoms with van der Waals surface area (Å²) in [5.41, 5.74) is 6.26. The maximum Gasteiger partial charge on any atom is 0.253 e. The third kappa shape index (κ3) is 1.74. The van der Waals surface area contributed by atoms with Crippen molar-refractivity contribution in [2.24, 2.45) is 5.73 Å². The summed E-state index contributed by atoms with van der Waals surface area (Å²) in [5, 5.41) is 0.641. The third-order valence-corrected chi connectivity index (χ3v) is 2.54. The van der Waals surface area contributed by atoms with Gasteiger partial charge in [0.2, 0.25) is 0 Å². The number of hydrogen-bond acceptors (Lipinski definition) is 2. The summed E-state index contributed by atoms with van der Waals surface area (Å²) in [4.78, 5) is 13.4. The van der Waals surface area contributed by atoms with Gasteiger partial charge in [0, 0.05) is 29.7 Å². The zero-order valence-electron chi connectivity index (χ0n) is 7.61. The van der Waals surface area contributed by atoms with E-state index in [9.17, 15) is 4.79 Å². The zero-order chi connectivity index (χ0) is 10.1. The van der Waals surface area contributed by atoms with Crippen LogP contribution >= 0.6 is 11.6 Å². The Balaban J connectivity index is 2.08. The number of carbonyl (C=O) groups excluding carboxylic acids is 1. The van der Waals surface area contributed by atoms with Crippen LogP contribution in [0.15, 0.2) is 24.3 Å². The van der Waals surface area contributed by atoms with Gasteiger partial charge in [-0.3, -0.25) is 4.79 Å². The Morgan fingerprint density at radius 1 is 1.36 bits per heavy atom. The van der Waals surface area contributed by atoms with Gasteiger partial charge in [0.25, 0.3) is 5.91 Å². The average Bonchev–Trinajstić information content (AvgIpc) is 2.13. The van der Waals surface area contributed by atoms with Gasteiger partial charge in [-0.1, -0.05) is 11.6 Å². The molecule has 3 nitrogen and oxygen atoms in total. The molecule has 0 aromatic heterocycles. The number of likely N-dealkylation sites (tertiary alicyclic amines) is 1. The van der Waals surface area contributed by atoms with Crippen LogP contribution in [0.4, 0.5) is 0 Å². The van der Waals surface area contributed by atoms with Crippen LogP contribution in [-0.4, -0.2) is 29.9 Å². The first-order valence-electron chi connectivity index (χ1n) is 4.47. The van der Waals surface area contributed by atoms with E-state index >= 15 is 0 Å². The maximum atomic E-state index is 11.7. The van der Waals surface area contributed by atoms with Crippen LogP contribution in [0.25, 0.3) is 0 Å². The van der Waals surface area contributed by atoms with E-state index in [0.717, 1.165) is 0 Å². The Kier molecular flexibility index (Phi) is 2.44. The van der Waals surface area contributed by atoms with Crippen molar-refractivity contribution in [2.45, 2.75) is 6.04 Å². The number of benzene rings is 1. The van der Waals surface area contributed by atoms with E-state index in [1.54, 1.807) is 29.2 Å². The molecule has 0 spiro atoms. The first kappa shape index (κ1) is 9.49. The molecule has 2 rings (SSSR count). The first-order valence-corrected chi connectivity index (χ1v) is 4.85. The first-order chi connectivity index (χ1) is 6.66. The monoisotopic (exact) mass is 210 g/mol. The van der Waals surface area contributed by atoms with Gasteiger partial charge in [-0.15, -0.1) is 0 Å². The van der Waals surface area contributed by atoms with E-state index in [1.807, 2.05) is 0 Å². The Morgan fingerprint density at radius 3 is 2.43 bits per heavy atom. The lowest BCUT2D eigenvalue weighted by Crippen LogP contribution is -2.57. The van der Waals surface area contributed by atoms with Gasteiger partial charge >= 0.3 is 0 Å². The van der Waals surface area contributed by atoms with Crippen molar-refractivity contribution in [1.82, 2.24) is 4.90 Å². The number of rotatable bonds is 1. The topological polar surface area (TPSA) is 46.3 Å². The predicted molar refractivity (Wildman–Crippen MR) is 55.3 cm³/mol. The highest BCUT2D eigenvalue weighted by Gasteiger charge is 2.27. The van der Waals surface area contributed by atoms with Crippen LogP contribution < -0.4 is 5.73 Å². The van der Waals surface area contributed by atoms with Gasteiger partial charge in [0.1, 0.15) is 0 Å². The number of halogens is 1. The fourth-order valence-electron chi connectivity index (χ4n) is 1.45. The van der Waals surface area contributed by atoms with Crippen molar-refractivity contribution in [1.29, 1.82) is 0 Å². The standard InChI is InChI=1S/C10H11ClN2O/c11-8-3-1-7(2-4-8)10(14)13-5-9(12)6-13/h1-4,9H,5-6,12H2. The SMILES string of the molecule is NC1CN(C(=O)c2ccc(Cl)cc2)C1. The summed E-state index contributed by atoms with van der Waals surface area (Å²) < 4.78 is 0. The molecule has 1 saturated heterocycles. The van der Waals surface area contributed by atoms with Gasteiger partial charge in [-0.05, 0) is 24.3 Å². The van der Waals surface area contributed by atoms with Crippen molar-refractivity contribution in [3.05, 3.63) is 34.9 Å². The van der Waals surface area contributed by atoms with Crippen LogP contribution in [-0.2, 0) is 0 Å². The van der Waals surface area contributed by atoms with Gasteiger partial charge in [-0.25, -0.2) is 0 Å². The zero-order valence-corrected chi connectivity index (χ0v) is 8.37. The minimum Gasteiger partial charge on any atom is -0.335 e. The number of carbonyl (C=O) groups is 1. The number of hydrogen-bond donors (Lipinski definition) is 1. The molecule has 0 radical (unpaired) electrons. The molecule has 74 valence electrons. The third-order valence-electron chi connectivity index (χ3n) is 2.29. The normalized spacial score (nSPS) is 16.6. The minimum absolute atomic E-state index is 0.0309. The predicted octanol–water partition coefficient (Wildman–Crippen LogP) is 1.12. The average molecular weight is 211 g/mol. The lowest BCUT2D eigenvalue weighted by Gasteiger charge is -2.36. The van der Waals surface area contributed by atoms with E-state index in [-0.39, 0.29) is 11.9 Å². The Hall–Kier alpha value is -1.06. The second kappa shape index (κ2) is 3.59. The minimum atomic E-state index is 0.0309. The van der Waals surface area contributed by atoms with E-state index in [1.165, 1.54) is 0 Å². The van der Waals surface area contributed by atoms with Gasteiger partial charge in [0.15, 0.2) is 0 Å². The van der Waals surface area contributed by atoms with E-state index < -0.39 is 0 Å². The molecule has 1 aromatic rings. The molecular weight excluding hydrogens is 200 g/mol. The Morgan fingerprint density at radius 2 is 1.93 bits per heavy atom. The van der Waals surface area contributed by atoms with Crippen molar-refractivity contribution >= 4 is 17.5 Å². The van der Waals surface area contributed by atoms with Crippen LogP contribution in [0.5, 0.6) is 0 Å². The molecule has 1 aliphatic rings. The molecule has 0 atom stereocenters. The Bertz CT molecular complexity index is 344. The summed E-state index contributed by atoms with van der Waals surface area (Å²) >= 11 is 5.72. The van der Waals surface area contributed by atoms with Crippen molar-refractivity contribution in [3.8, 4) is 0 Å². The molecule has 0 aliphatic carbocycles. The quantitative estimate of drug-likeness (QED) is 0.755. The van der Waals surface area contributed by atoms with E-state index in [0.29, 0.717) is 23.7 Å². The molecular formula is C10H11ClN2O. The smallest absolute Gasteiger partial charge is 0.253 e. The molecule has 0 unspecified atom stereocenters. The molecule has 2 N–H and O–H groups in total. The molecule has 1 aliphatic heterocycles. The van der Waals surface area contributed by atoms with E-state index in [4.69, 9.17) is 17.3 Å². The van der Waals surface area contributed by atoms with E-state index in [2.05, 4.69) is 0 Å². The summed E-state index contributed by atoms with van der Waals surface area (Å²) in [7, 11) is 0.